The molecule has 1 aliphatic heterocycles. The van der Waals surface area contributed by atoms with E-state index in [0.29, 0.717) is 11.3 Å². The Labute approximate surface area is 223 Å². The molecule has 1 heterocycles. The lowest BCUT2D eigenvalue weighted by Crippen LogP contribution is -2.41. The van der Waals surface area contributed by atoms with Crippen LogP contribution in [0.4, 0.5) is 21.5 Å². The highest BCUT2D eigenvalue weighted by atomic mass is 35.5. The van der Waals surface area contributed by atoms with Crippen LogP contribution in [0.1, 0.15) is 49.9 Å². The zero-order chi connectivity index (χ0) is 27.7. The predicted molar refractivity (Wildman–Crippen MR) is 147 cm³/mol. The van der Waals surface area contributed by atoms with Crippen LogP contribution in [0.2, 0.25) is 5.02 Å². The standard InChI is InChI=1S/C15H13ClFNO2.C14H21N2O/c1-9-5-6-13(10(7-9)8-14(19)20)18-15-11(16)3-2-4-12(15)17;1-13(2)11-8-7-10(15(5)6)9-12(11)14(3,4)16(13)17/h2-7,18H,8H2,1H3,(H,19,20);7-9H,1-6H3. The molecule has 1 radical (unpaired) electrons. The van der Waals surface area contributed by atoms with E-state index in [2.05, 4.69) is 28.4 Å². The fraction of sp³-hybridized carbons (Fsp3) is 0.345. The molecule has 0 spiro atoms. The number of hydrogen-bond acceptors (Lipinski definition) is 4. The summed E-state index contributed by atoms with van der Waals surface area (Å²) >= 11 is 5.95. The minimum absolute atomic E-state index is 0.143. The molecule has 37 heavy (non-hydrogen) atoms. The first-order valence-corrected chi connectivity index (χ1v) is 12.4. The summed E-state index contributed by atoms with van der Waals surface area (Å²) in [5.74, 6) is -1.43. The number of halogens is 2. The summed E-state index contributed by atoms with van der Waals surface area (Å²) < 4.78 is 13.7. The van der Waals surface area contributed by atoms with Crippen LogP contribution in [0.3, 0.4) is 0 Å². The van der Waals surface area contributed by atoms with Gasteiger partial charge in [0.15, 0.2) is 0 Å². The number of para-hydroxylation sites is 1. The van der Waals surface area contributed by atoms with E-state index in [9.17, 15) is 14.4 Å². The molecule has 0 unspecified atom stereocenters. The van der Waals surface area contributed by atoms with Crippen molar-refractivity contribution in [2.24, 2.45) is 0 Å². The number of aliphatic carboxylic acids is 1. The van der Waals surface area contributed by atoms with E-state index in [1.54, 1.807) is 18.2 Å². The molecule has 3 aromatic carbocycles. The van der Waals surface area contributed by atoms with Crippen LogP contribution in [0, 0.1) is 12.7 Å². The fourth-order valence-corrected chi connectivity index (χ4v) is 4.88. The van der Waals surface area contributed by atoms with Gasteiger partial charge in [-0.1, -0.05) is 41.4 Å². The van der Waals surface area contributed by atoms with Crippen molar-refractivity contribution in [2.45, 2.75) is 52.1 Å². The van der Waals surface area contributed by atoms with E-state index in [0.717, 1.165) is 22.4 Å². The molecular weight excluding hydrogens is 493 g/mol. The van der Waals surface area contributed by atoms with Crippen LogP contribution >= 0.6 is 11.6 Å². The molecule has 0 bridgehead atoms. The lowest BCUT2D eigenvalue weighted by Gasteiger charge is -2.32. The van der Waals surface area contributed by atoms with Crippen molar-refractivity contribution in [3.63, 3.8) is 0 Å². The van der Waals surface area contributed by atoms with Gasteiger partial charge in [-0.05, 0) is 81.6 Å². The fourth-order valence-electron chi connectivity index (χ4n) is 4.67. The lowest BCUT2D eigenvalue weighted by molar-refractivity contribution is -0.266. The highest BCUT2D eigenvalue weighted by Gasteiger charge is 2.50. The van der Waals surface area contributed by atoms with Gasteiger partial charge in [-0.3, -0.25) is 4.79 Å². The topological polar surface area (TPSA) is 75.7 Å². The van der Waals surface area contributed by atoms with Gasteiger partial charge in [-0.25, -0.2) is 4.39 Å². The maximum absolute atomic E-state index is 13.7. The zero-order valence-electron chi connectivity index (χ0n) is 22.3. The number of fused-ring (bicyclic) bond motifs is 1. The number of carboxylic acids is 1. The second-order valence-electron chi connectivity index (χ2n) is 10.5. The molecule has 6 nitrogen and oxygen atoms in total. The number of hydrogen-bond donors (Lipinski definition) is 2. The van der Waals surface area contributed by atoms with Gasteiger partial charge in [-0.2, -0.15) is 0 Å². The van der Waals surface area contributed by atoms with Crippen molar-refractivity contribution in [1.82, 2.24) is 5.06 Å². The molecule has 0 aliphatic carbocycles. The molecule has 0 aromatic heterocycles. The first-order valence-electron chi connectivity index (χ1n) is 12.0. The van der Waals surface area contributed by atoms with Crippen LogP contribution in [-0.2, 0) is 27.5 Å². The van der Waals surface area contributed by atoms with E-state index in [1.165, 1.54) is 17.2 Å². The molecule has 0 fully saturated rings. The number of benzene rings is 3. The van der Waals surface area contributed by atoms with E-state index in [4.69, 9.17) is 16.7 Å². The average molecular weight is 527 g/mol. The Bertz CT molecular complexity index is 1290. The number of nitrogens with zero attached hydrogens (tertiary/aromatic N) is 2. The van der Waals surface area contributed by atoms with Gasteiger partial charge in [0.1, 0.15) is 5.82 Å². The first-order chi connectivity index (χ1) is 17.2. The Morgan fingerprint density at radius 3 is 2.27 bits per heavy atom. The minimum atomic E-state index is -0.946. The van der Waals surface area contributed by atoms with E-state index in [-0.39, 0.29) is 17.1 Å². The largest absolute Gasteiger partial charge is 0.481 e. The summed E-state index contributed by atoms with van der Waals surface area (Å²) in [5.41, 5.74) is 4.72. The highest BCUT2D eigenvalue weighted by molar-refractivity contribution is 6.33. The van der Waals surface area contributed by atoms with Crippen LogP contribution in [0.5, 0.6) is 0 Å². The van der Waals surface area contributed by atoms with E-state index in [1.807, 2.05) is 54.8 Å². The summed E-state index contributed by atoms with van der Waals surface area (Å²) in [5, 5.41) is 25.6. The van der Waals surface area contributed by atoms with E-state index < -0.39 is 22.9 Å². The molecule has 2 N–H and O–H groups in total. The maximum atomic E-state index is 13.7. The molecule has 0 saturated carbocycles. The molecule has 0 amide bonds. The smallest absolute Gasteiger partial charge is 0.307 e. The van der Waals surface area contributed by atoms with Gasteiger partial charge in [-0.15, -0.1) is 10.3 Å². The summed E-state index contributed by atoms with van der Waals surface area (Å²) in [6, 6.07) is 16.0. The van der Waals surface area contributed by atoms with Crippen LogP contribution in [0.25, 0.3) is 0 Å². The lowest BCUT2D eigenvalue weighted by atomic mass is 9.90. The minimum Gasteiger partial charge on any atom is -0.481 e. The summed E-state index contributed by atoms with van der Waals surface area (Å²) in [6.45, 7) is 9.83. The van der Waals surface area contributed by atoms with Crippen molar-refractivity contribution in [1.29, 1.82) is 0 Å². The van der Waals surface area contributed by atoms with E-state index >= 15 is 0 Å². The highest BCUT2D eigenvalue weighted by Crippen LogP contribution is 2.49. The van der Waals surface area contributed by atoms with Crippen molar-refractivity contribution >= 4 is 34.6 Å². The Hall–Kier alpha value is -3.13. The van der Waals surface area contributed by atoms with Gasteiger partial charge in [0.05, 0.1) is 28.2 Å². The monoisotopic (exact) mass is 526 g/mol. The summed E-state index contributed by atoms with van der Waals surface area (Å²) in [6.07, 6.45) is -0.143. The molecule has 4 rings (SSSR count). The maximum Gasteiger partial charge on any atom is 0.307 e. The molecule has 0 atom stereocenters. The third-order valence-corrected chi connectivity index (χ3v) is 6.99. The Balaban J connectivity index is 0.000000208. The number of carbonyl (C=O) groups is 1. The number of nitrogens with one attached hydrogen (secondary N) is 1. The average Bonchev–Trinajstić information content (AvgIpc) is 2.94. The normalized spacial score (nSPS) is 15.4. The predicted octanol–water partition coefficient (Wildman–Crippen LogP) is 7.04. The van der Waals surface area contributed by atoms with Crippen molar-refractivity contribution in [3.8, 4) is 0 Å². The zero-order valence-corrected chi connectivity index (χ0v) is 23.1. The number of carboxylic acid groups (broad SMARTS) is 1. The summed E-state index contributed by atoms with van der Waals surface area (Å²) in [7, 11) is 4.04. The third-order valence-electron chi connectivity index (χ3n) is 6.68. The second kappa shape index (κ2) is 10.7. The van der Waals surface area contributed by atoms with Gasteiger partial charge in [0.25, 0.3) is 0 Å². The van der Waals surface area contributed by atoms with Crippen molar-refractivity contribution in [2.75, 3.05) is 24.3 Å². The quantitative estimate of drug-likeness (QED) is 0.373. The van der Waals surface area contributed by atoms with Crippen LogP contribution in [-0.4, -0.2) is 30.2 Å². The molecule has 0 saturated heterocycles. The number of anilines is 3. The van der Waals surface area contributed by atoms with Crippen molar-refractivity contribution in [3.05, 3.63) is 87.7 Å². The van der Waals surface area contributed by atoms with Gasteiger partial charge in [0.2, 0.25) is 0 Å². The SMILES string of the molecule is CN(C)c1ccc2c(c1)C(C)(C)N([O])C2(C)C.Cc1ccc(Nc2c(F)cccc2Cl)c(CC(=O)O)c1. The second-order valence-corrected chi connectivity index (χ2v) is 10.9. The van der Waals surface area contributed by atoms with Crippen LogP contribution in [0.15, 0.2) is 54.6 Å². The Morgan fingerprint density at radius 1 is 1.03 bits per heavy atom. The molecule has 1 aliphatic rings. The molecule has 8 heteroatoms. The Kier molecular flexibility index (Phi) is 8.22. The van der Waals surface area contributed by atoms with Gasteiger partial charge >= 0.3 is 5.97 Å². The number of aryl methyl sites for hydroxylation is 1. The Morgan fingerprint density at radius 2 is 1.68 bits per heavy atom. The molecular formula is C29H34ClFN3O3. The molecule has 197 valence electrons. The molecule has 3 aromatic rings. The number of rotatable bonds is 5. The number of hydroxylamine groups is 2. The van der Waals surface area contributed by atoms with Crippen LogP contribution < -0.4 is 10.2 Å². The first kappa shape index (κ1) is 28.4. The summed E-state index contributed by atoms with van der Waals surface area (Å²) in [4.78, 5) is 13.0. The van der Waals surface area contributed by atoms with Gasteiger partial charge in [0, 0.05) is 25.5 Å². The van der Waals surface area contributed by atoms with Gasteiger partial charge < -0.3 is 15.3 Å². The third kappa shape index (κ3) is 5.90. The van der Waals surface area contributed by atoms with Crippen molar-refractivity contribution < 1.29 is 19.5 Å².